The van der Waals surface area contributed by atoms with Gasteiger partial charge in [0.05, 0.1) is 0 Å². The molecule has 0 heterocycles. The minimum Gasteiger partial charge on any atom is -0.0651 e. The lowest BCUT2D eigenvalue weighted by molar-refractivity contribution is 0.420. The number of hydrogen-bond donors (Lipinski definition) is 0. The molecular weight excluding hydrogens is 757 g/mol. The highest BCUT2D eigenvalue weighted by Gasteiger charge is 2.27. The first-order chi connectivity index (χ1) is 30.8. The molecule has 0 radical (unpaired) electrons. The fourth-order valence-electron chi connectivity index (χ4n) is 9.90. The normalized spacial score (nSPS) is 13.7. The van der Waals surface area contributed by atoms with E-state index in [1.54, 1.807) is 0 Å². The zero-order valence-corrected chi connectivity index (χ0v) is 38.1. The van der Waals surface area contributed by atoms with E-state index in [-0.39, 0.29) is 0 Å². The summed E-state index contributed by atoms with van der Waals surface area (Å²) in [6, 6.07) is 65.8. The second-order valence-corrected chi connectivity index (χ2v) is 18.4. The van der Waals surface area contributed by atoms with Gasteiger partial charge < -0.3 is 0 Å². The lowest BCUT2D eigenvalue weighted by Gasteiger charge is -2.30. The lowest BCUT2D eigenvalue weighted by atomic mass is 9.74. The summed E-state index contributed by atoms with van der Waals surface area (Å²) in [5.74, 6) is 1.28. The van der Waals surface area contributed by atoms with Crippen molar-refractivity contribution in [1.29, 1.82) is 0 Å². The molecule has 0 nitrogen and oxygen atoms in total. The van der Waals surface area contributed by atoms with Crippen molar-refractivity contribution >= 4 is 0 Å². The Hall–Kier alpha value is -6.24. The predicted molar refractivity (Wildman–Crippen MR) is 272 cm³/mol. The maximum Gasteiger partial charge on any atom is -0.0140 e. The quantitative estimate of drug-likeness (QED) is 0.129. The summed E-state index contributed by atoms with van der Waals surface area (Å²) in [7, 11) is 0. The molecule has 0 N–H and O–H groups in total. The van der Waals surface area contributed by atoms with Crippen LogP contribution in [0.15, 0.2) is 176 Å². The lowest BCUT2D eigenvalue weighted by Crippen LogP contribution is -2.11. The van der Waals surface area contributed by atoms with Crippen LogP contribution in [0.1, 0.15) is 103 Å². The predicted octanol–water partition coefficient (Wildman–Crippen LogP) is 18.1. The monoisotopic (exact) mass is 818 g/mol. The van der Waals surface area contributed by atoms with Gasteiger partial charge in [-0.2, -0.15) is 0 Å². The Morgan fingerprint density at radius 1 is 0.333 bits per heavy atom. The largest absolute Gasteiger partial charge is 0.0651 e. The van der Waals surface area contributed by atoms with Crippen molar-refractivity contribution in [3.05, 3.63) is 215 Å². The van der Waals surface area contributed by atoms with E-state index in [4.69, 9.17) is 0 Å². The van der Waals surface area contributed by atoms with Gasteiger partial charge in [-0.1, -0.05) is 172 Å². The van der Waals surface area contributed by atoms with Crippen LogP contribution in [0.3, 0.4) is 0 Å². The van der Waals surface area contributed by atoms with Crippen LogP contribution in [-0.4, -0.2) is 0 Å². The Balaban J connectivity index is 0.000000501. The van der Waals surface area contributed by atoms with Gasteiger partial charge in [0.2, 0.25) is 0 Å². The average molecular weight is 819 g/mol. The van der Waals surface area contributed by atoms with Crippen LogP contribution in [0.25, 0.3) is 66.8 Å². The van der Waals surface area contributed by atoms with Crippen LogP contribution in [0.5, 0.6) is 0 Å². The van der Waals surface area contributed by atoms with E-state index in [0.29, 0.717) is 11.8 Å². The molecule has 0 amide bonds. The van der Waals surface area contributed by atoms with Gasteiger partial charge in [0.25, 0.3) is 0 Å². The van der Waals surface area contributed by atoms with Gasteiger partial charge in [-0.3, -0.25) is 0 Å². The molecule has 0 aromatic heterocycles. The molecule has 8 aromatic rings. The van der Waals surface area contributed by atoms with Gasteiger partial charge in [0.1, 0.15) is 0 Å². The average Bonchev–Trinajstić information content (AvgIpc) is 3.28. The Morgan fingerprint density at radius 2 is 0.698 bits per heavy atom. The smallest absolute Gasteiger partial charge is 0.0140 e. The maximum atomic E-state index is 2.55. The number of hydrogen-bond acceptors (Lipinski definition) is 0. The summed E-state index contributed by atoms with van der Waals surface area (Å²) in [6.07, 6.45) is 10.2. The highest BCUT2D eigenvalue weighted by atomic mass is 14.3. The second kappa shape index (κ2) is 19.0. The molecule has 314 valence electrons. The Labute approximate surface area is 377 Å². The number of aryl methyl sites for hydroxylation is 5. The Bertz CT molecular complexity index is 2820. The molecule has 2 saturated carbocycles. The van der Waals surface area contributed by atoms with E-state index in [9.17, 15) is 0 Å². The van der Waals surface area contributed by atoms with Gasteiger partial charge in [-0.05, 0) is 208 Å². The van der Waals surface area contributed by atoms with Crippen molar-refractivity contribution < 1.29 is 0 Å². The van der Waals surface area contributed by atoms with E-state index in [1.807, 2.05) is 0 Å². The van der Waals surface area contributed by atoms with Crippen molar-refractivity contribution in [3.8, 4) is 66.8 Å². The summed E-state index contributed by atoms with van der Waals surface area (Å²) in [6.45, 7) is 11.3. The highest BCUT2D eigenvalue weighted by molar-refractivity contribution is 5.87. The molecule has 0 bridgehead atoms. The van der Waals surface area contributed by atoms with Gasteiger partial charge in [0.15, 0.2) is 0 Å². The topological polar surface area (TPSA) is 0 Å². The molecule has 8 aromatic carbocycles. The van der Waals surface area contributed by atoms with Gasteiger partial charge in [-0.15, -0.1) is 0 Å². The maximum absolute atomic E-state index is 2.55. The summed E-state index contributed by atoms with van der Waals surface area (Å²) < 4.78 is 0. The molecule has 10 rings (SSSR count). The molecule has 2 aliphatic carbocycles. The van der Waals surface area contributed by atoms with Crippen molar-refractivity contribution in [2.24, 2.45) is 0 Å². The van der Waals surface area contributed by atoms with Crippen molar-refractivity contribution in [1.82, 2.24) is 0 Å². The van der Waals surface area contributed by atoms with Crippen LogP contribution in [0.4, 0.5) is 0 Å². The summed E-state index contributed by atoms with van der Waals surface area (Å²) >= 11 is 0. The summed E-state index contributed by atoms with van der Waals surface area (Å²) in [4.78, 5) is 0. The van der Waals surface area contributed by atoms with Crippen molar-refractivity contribution in [2.75, 3.05) is 0 Å². The Morgan fingerprint density at radius 3 is 1.10 bits per heavy atom. The van der Waals surface area contributed by atoms with Gasteiger partial charge >= 0.3 is 0 Å². The molecule has 0 spiro atoms. The second-order valence-electron chi connectivity index (χ2n) is 18.4. The first-order valence-electron chi connectivity index (χ1n) is 23.6. The van der Waals surface area contributed by atoms with Crippen LogP contribution in [0.2, 0.25) is 0 Å². The molecular formula is C63H62. The SMILES string of the molecule is CCCc1ccccc1.Cc1ccc(-c2ccccc2)cc1-c1cc(-c2ccc(C3CCC3)c(-c3cc(-c4cc(-c5ccccc5)ccc4C4CCC4)c(C)cc3C)c2)ccc1C. The Kier molecular flexibility index (Phi) is 12.7. The molecule has 2 aliphatic rings. The van der Waals surface area contributed by atoms with Crippen LogP contribution in [-0.2, 0) is 6.42 Å². The van der Waals surface area contributed by atoms with Crippen molar-refractivity contribution in [3.63, 3.8) is 0 Å². The standard InChI is InChI=1S/C54H50.C9H12/c1-35-21-23-43(39-13-7-5-8-14-39)30-49(35)50-31-45(24-22-36(50)2)46-26-28-48(42-19-12-20-42)54(33-46)52-34-51(37(3)29-38(52)4)53-32-44(40-15-9-6-10-16-40)25-27-47(53)41-17-11-18-41;1-2-6-9-7-4-3-5-8-9/h5-10,13-16,21-34,41-42H,11-12,17-20H2,1-4H3;3-5,7-8H,2,6H2,1H3. The minimum absolute atomic E-state index is 0.627. The third-order valence-corrected chi connectivity index (χ3v) is 14.0. The van der Waals surface area contributed by atoms with E-state index >= 15 is 0 Å². The fourth-order valence-corrected chi connectivity index (χ4v) is 9.90. The van der Waals surface area contributed by atoms with Gasteiger partial charge in [0, 0.05) is 0 Å². The molecule has 0 unspecified atom stereocenters. The molecule has 0 saturated heterocycles. The van der Waals surface area contributed by atoms with E-state index < -0.39 is 0 Å². The number of benzene rings is 8. The van der Waals surface area contributed by atoms with Crippen LogP contribution in [0, 0.1) is 27.7 Å². The van der Waals surface area contributed by atoms with Crippen LogP contribution >= 0.6 is 0 Å². The third-order valence-electron chi connectivity index (χ3n) is 14.0. The van der Waals surface area contributed by atoms with Crippen LogP contribution < -0.4 is 0 Å². The molecule has 0 aliphatic heterocycles. The summed E-state index contributed by atoms with van der Waals surface area (Å²) in [5.41, 5.74) is 25.6. The fraction of sp³-hybridized carbons (Fsp3) is 0.238. The molecule has 2 fully saturated rings. The summed E-state index contributed by atoms with van der Waals surface area (Å²) in [5, 5.41) is 0. The highest BCUT2D eigenvalue weighted by Crippen LogP contribution is 2.47. The molecule has 0 heteroatoms. The van der Waals surface area contributed by atoms with Crippen molar-refractivity contribution in [2.45, 2.75) is 97.8 Å². The third kappa shape index (κ3) is 9.14. The van der Waals surface area contributed by atoms with Gasteiger partial charge in [-0.25, -0.2) is 0 Å². The van der Waals surface area contributed by atoms with E-state index in [0.717, 1.165) is 0 Å². The molecule has 0 atom stereocenters. The first kappa shape index (κ1) is 42.1. The number of rotatable bonds is 10. The molecule has 63 heavy (non-hydrogen) atoms. The first-order valence-corrected chi connectivity index (χ1v) is 23.6. The van der Waals surface area contributed by atoms with E-state index in [2.05, 4.69) is 211 Å². The zero-order valence-electron chi connectivity index (χ0n) is 38.1. The minimum atomic E-state index is 0.627. The van der Waals surface area contributed by atoms with E-state index in [1.165, 1.54) is 157 Å². The zero-order chi connectivity index (χ0) is 43.3.